The largest absolute Gasteiger partial charge is 0.309 e. The van der Waals surface area contributed by atoms with Crippen LogP contribution in [0.2, 0.25) is 0 Å². The Labute approximate surface area is 139 Å². The second kappa shape index (κ2) is 6.64. The molecule has 1 aliphatic carbocycles. The van der Waals surface area contributed by atoms with Gasteiger partial charge in [0.25, 0.3) is 0 Å². The molecule has 3 heteroatoms. The molecule has 0 amide bonds. The van der Waals surface area contributed by atoms with E-state index in [1.54, 1.807) is 0 Å². The zero-order chi connectivity index (χ0) is 14.8. The van der Waals surface area contributed by atoms with E-state index in [2.05, 4.69) is 65.4 Å². The second-order valence-corrected chi connectivity index (χ2v) is 7.90. The molecule has 1 aromatic carbocycles. The van der Waals surface area contributed by atoms with Gasteiger partial charge in [-0.2, -0.15) is 0 Å². The number of nitrogens with one attached hydrogen (secondary N) is 1. The number of thiophene rings is 1. The maximum Gasteiger partial charge on any atom is 0.0443 e. The normalized spacial score (nSPS) is 16.1. The molecule has 0 spiro atoms. The van der Waals surface area contributed by atoms with Crippen LogP contribution in [0.5, 0.6) is 0 Å². The third-order valence-corrected chi connectivity index (χ3v) is 6.19. The van der Waals surface area contributed by atoms with Gasteiger partial charge in [0.1, 0.15) is 0 Å². The molecular formula is C18H22BrNS. The van der Waals surface area contributed by atoms with Crippen molar-refractivity contribution in [2.45, 2.75) is 39.2 Å². The average molecular weight is 364 g/mol. The summed E-state index contributed by atoms with van der Waals surface area (Å²) in [7, 11) is 0. The van der Waals surface area contributed by atoms with E-state index in [1.165, 1.54) is 44.6 Å². The number of halogens is 1. The van der Waals surface area contributed by atoms with Crippen molar-refractivity contribution in [2.75, 3.05) is 6.54 Å². The van der Waals surface area contributed by atoms with Gasteiger partial charge in [-0.05, 0) is 74.0 Å². The molecule has 0 radical (unpaired) electrons. The summed E-state index contributed by atoms with van der Waals surface area (Å²) in [4.78, 5) is 2.88. The van der Waals surface area contributed by atoms with Crippen molar-refractivity contribution >= 4 is 27.3 Å². The van der Waals surface area contributed by atoms with Crippen molar-refractivity contribution in [1.82, 2.24) is 5.32 Å². The second-order valence-electron chi connectivity index (χ2n) is 5.94. The fourth-order valence-corrected chi connectivity index (χ4v) is 4.12. The van der Waals surface area contributed by atoms with Gasteiger partial charge in [-0.15, -0.1) is 11.3 Å². The summed E-state index contributed by atoms with van der Waals surface area (Å²) >= 11 is 5.53. The molecule has 21 heavy (non-hydrogen) atoms. The lowest BCUT2D eigenvalue weighted by atomic mass is 10.1. The van der Waals surface area contributed by atoms with Crippen LogP contribution in [0.1, 0.15) is 42.7 Å². The maximum atomic E-state index is 3.74. The first kappa shape index (κ1) is 15.3. The summed E-state index contributed by atoms with van der Waals surface area (Å²) in [5.74, 6) is 0.856. The zero-order valence-corrected chi connectivity index (χ0v) is 15.1. The molecule has 3 rings (SSSR count). The summed E-state index contributed by atoms with van der Waals surface area (Å²) in [5.41, 5.74) is 2.63. The number of hydrogen-bond donors (Lipinski definition) is 1. The Morgan fingerprint density at radius 3 is 2.76 bits per heavy atom. The Bertz CT molecular complexity index is 615. The number of hydrogen-bond acceptors (Lipinski definition) is 2. The van der Waals surface area contributed by atoms with Crippen molar-refractivity contribution in [1.29, 1.82) is 0 Å². The van der Waals surface area contributed by atoms with E-state index in [-0.39, 0.29) is 0 Å². The molecule has 1 N–H and O–H groups in total. The van der Waals surface area contributed by atoms with E-state index in [0.29, 0.717) is 6.04 Å². The first-order chi connectivity index (χ1) is 10.2. The molecule has 1 nitrogen and oxygen atoms in total. The highest BCUT2D eigenvalue weighted by Crippen LogP contribution is 2.44. The minimum Gasteiger partial charge on any atom is -0.309 e. The number of benzene rings is 1. The van der Waals surface area contributed by atoms with Crippen molar-refractivity contribution in [2.24, 2.45) is 5.92 Å². The summed E-state index contributed by atoms with van der Waals surface area (Å²) in [6, 6.07) is 11.8. The van der Waals surface area contributed by atoms with Gasteiger partial charge >= 0.3 is 0 Å². The van der Waals surface area contributed by atoms with Gasteiger partial charge in [0.15, 0.2) is 0 Å². The quantitative estimate of drug-likeness (QED) is 0.669. The molecule has 2 aromatic rings. The van der Waals surface area contributed by atoms with Crippen LogP contribution in [-0.2, 0) is 0 Å². The lowest BCUT2D eigenvalue weighted by molar-refractivity contribution is 0.488. The van der Waals surface area contributed by atoms with Crippen molar-refractivity contribution in [3.05, 3.63) is 45.2 Å². The number of rotatable bonds is 6. The summed E-state index contributed by atoms with van der Waals surface area (Å²) < 4.78 is 1.18. The predicted molar refractivity (Wildman–Crippen MR) is 96.0 cm³/mol. The first-order valence-electron chi connectivity index (χ1n) is 7.78. The van der Waals surface area contributed by atoms with Crippen LogP contribution in [0, 0.1) is 12.8 Å². The van der Waals surface area contributed by atoms with Gasteiger partial charge in [0.05, 0.1) is 0 Å². The SMILES string of the molecule is CCCNC(c1ccc(-c2ccc(Br)c(C)c2)s1)C1CC1. The van der Waals surface area contributed by atoms with Gasteiger partial charge in [-0.3, -0.25) is 0 Å². The minimum atomic E-state index is 0.570. The molecule has 1 unspecified atom stereocenters. The maximum absolute atomic E-state index is 3.74. The number of aryl methyl sites for hydroxylation is 1. The van der Waals surface area contributed by atoms with Crippen molar-refractivity contribution in [3.8, 4) is 10.4 Å². The zero-order valence-electron chi connectivity index (χ0n) is 12.7. The molecule has 0 bridgehead atoms. The minimum absolute atomic E-state index is 0.570. The standard InChI is InChI=1S/C18H22BrNS/c1-3-10-20-18(13-4-5-13)17-9-8-16(21-17)14-6-7-15(19)12(2)11-14/h6-9,11,13,18,20H,3-5,10H2,1-2H3. The Morgan fingerprint density at radius 1 is 1.29 bits per heavy atom. The average Bonchev–Trinajstić information content (AvgIpc) is 3.20. The Kier molecular flexibility index (Phi) is 4.82. The van der Waals surface area contributed by atoms with Crippen LogP contribution < -0.4 is 5.32 Å². The fraction of sp³-hybridized carbons (Fsp3) is 0.444. The molecule has 0 saturated heterocycles. The third-order valence-electron chi connectivity index (χ3n) is 4.08. The monoisotopic (exact) mass is 363 g/mol. The molecule has 1 fully saturated rings. The van der Waals surface area contributed by atoms with Crippen LogP contribution in [0.25, 0.3) is 10.4 Å². The van der Waals surface area contributed by atoms with E-state index < -0.39 is 0 Å². The smallest absolute Gasteiger partial charge is 0.0443 e. The van der Waals surface area contributed by atoms with Gasteiger partial charge in [0.2, 0.25) is 0 Å². The van der Waals surface area contributed by atoms with Gasteiger partial charge < -0.3 is 5.32 Å². The van der Waals surface area contributed by atoms with Crippen LogP contribution in [0.3, 0.4) is 0 Å². The Hall–Kier alpha value is -0.640. The third kappa shape index (κ3) is 3.58. The topological polar surface area (TPSA) is 12.0 Å². The molecule has 1 atom stereocenters. The van der Waals surface area contributed by atoms with E-state index in [4.69, 9.17) is 0 Å². The first-order valence-corrected chi connectivity index (χ1v) is 9.39. The van der Waals surface area contributed by atoms with Crippen LogP contribution in [-0.4, -0.2) is 6.54 Å². The van der Waals surface area contributed by atoms with Crippen LogP contribution in [0.15, 0.2) is 34.8 Å². The Morgan fingerprint density at radius 2 is 2.10 bits per heavy atom. The fourth-order valence-electron chi connectivity index (χ4n) is 2.70. The van der Waals surface area contributed by atoms with Crippen LogP contribution in [0.4, 0.5) is 0 Å². The summed E-state index contributed by atoms with van der Waals surface area (Å²) in [6.07, 6.45) is 3.96. The highest BCUT2D eigenvalue weighted by molar-refractivity contribution is 9.10. The van der Waals surface area contributed by atoms with Gasteiger partial charge in [0, 0.05) is 20.3 Å². The molecule has 1 aromatic heterocycles. The predicted octanol–water partition coefficient (Wildman–Crippen LogP) is 5.94. The highest BCUT2D eigenvalue weighted by atomic mass is 79.9. The van der Waals surface area contributed by atoms with E-state index in [1.807, 2.05) is 11.3 Å². The molecule has 0 aliphatic heterocycles. The highest BCUT2D eigenvalue weighted by Gasteiger charge is 2.32. The van der Waals surface area contributed by atoms with E-state index in [0.717, 1.165) is 12.5 Å². The van der Waals surface area contributed by atoms with Crippen molar-refractivity contribution < 1.29 is 0 Å². The van der Waals surface area contributed by atoms with E-state index in [9.17, 15) is 0 Å². The van der Waals surface area contributed by atoms with Gasteiger partial charge in [-0.25, -0.2) is 0 Å². The molecule has 1 heterocycles. The van der Waals surface area contributed by atoms with E-state index >= 15 is 0 Å². The van der Waals surface area contributed by atoms with Gasteiger partial charge in [-0.1, -0.05) is 28.9 Å². The van der Waals surface area contributed by atoms with Crippen molar-refractivity contribution in [3.63, 3.8) is 0 Å². The summed E-state index contributed by atoms with van der Waals surface area (Å²) in [6.45, 7) is 5.51. The Balaban J connectivity index is 1.82. The molecular weight excluding hydrogens is 342 g/mol. The van der Waals surface area contributed by atoms with Crippen LogP contribution >= 0.6 is 27.3 Å². The molecule has 1 aliphatic rings. The summed E-state index contributed by atoms with van der Waals surface area (Å²) in [5, 5.41) is 3.74. The lowest BCUT2D eigenvalue weighted by Crippen LogP contribution is -2.22. The lowest BCUT2D eigenvalue weighted by Gasteiger charge is -2.16. The molecule has 1 saturated carbocycles. The molecule has 112 valence electrons.